The number of halogens is 3. The van der Waals surface area contributed by atoms with Crippen molar-refractivity contribution < 1.29 is 32.6 Å². The topological polar surface area (TPSA) is 140 Å². The van der Waals surface area contributed by atoms with Gasteiger partial charge in [-0.25, -0.2) is 18.2 Å². The normalized spacial score (nSPS) is 18.9. The quantitative estimate of drug-likeness (QED) is 0.459. The zero-order valence-electron chi connectivity index (χ0n) is 18.2. The Kier molecular flexibility index (Phi) is 7.82. The molecule has 0 radical (unpaired) electrons. The van der Waals surface area contributed by atoms with E-state index >= 15 is 0 Å². The zero-order valence-corrected chi connectivity index (χ0v) is 19.1. The maximum Gasteiger partial charge on any atom is 0.299 e. The van der Waals surface area contributed by atoms with Gasteiger partial charge in [-0.1, -0.05) is 0 Å². The Labute approximate surface area is 201 Å². The Balaban J connectivity index is 0.00000108. The minimum Gasteiger partial charge on any atom is -0.483 e. The van der Waals surface area contributed by atoms with Crippen LogP contribution in [0.2, 0.25) is 0 Å². The number of carbonyl (C=O) groups is 2. The first kappa shape index (κ1) is 25.8. The van der Waals surface area contributed by atoms with Crippen LogP contribution in [0.3, 0.4) is 0 Å². The number of hydrogen-bond acceptors (Lipinski definition) is 8. The molecule has 1 aromatic carbocycles. The van der Waals surface area contributed by atoms with Gasteiger partial charge in [-0.15, -0.1) is 11.3 Å². The number of carboxylic acid groups (broad SMARTS) is 1. The van der Waals surface area contributed by atoms with Gasteiger partial charge in [-0.05, 0) is 37.3 Å². The number of amides is 1. The first-order chi connectivity index (χ1) is 16.6. The number of amidine groups is 1. The highest BCUT2D eigenvalue weighted by atomic mass is 32.1. The first-order valence-corrected chi connectivity index (χ1v) is 10.8. The molecule has 0 saturated carbocycles. The van der Waals surface area contributed by atoms with Crippen LogP contribution < -0.4 is 11.1 Å². The van der Waals surface area contributed by atoms with Crippen LogP contribution in [0.4, 0.5) is 18.9 Å². The number of benzene rings is 1. The molecule has 1 aliphatic heterocycles. The van der Waals surface area contributed by atoms with Gasteiger partial charge in [-0.2, -0.15) is 0 Å². The second-order valence-corrected chi connectivity index (χ2v) is 8.29. The van der Waals surface area contributed by atoms with Crippen molar-refractivity contribution in [1.82, 2.24) is 9.97 Å². The second-order valence-electron chi connectivity index (χ2n) is 7.40. The molecule has 184 valence electrons. The smallest absolute Gasteiger partial charge is 0.299 e. The third-order valence-corrected chi connectivity index (χ3v) is 5.86. The molecule has 13 heteroatoms. The fourth-order valence-corrected chi connectivity index (χ4v) is 3.90. The van der Waals surface area contributed by atoms with Gasteiger partial charge in [0.15, 0.2) is 5.54 Å². The van der Waals surface area contributed by atoms with Crippen LogP contribution >= 0.6 is 11.3 Å². The summed E-state index contributed by atoms with van der Waals surface area (Å²) in [5, 5.41) is 12.0. The molecule has 0 spiro atoms. The number of ether oxygens (including phenoxy) is 1. The van der Waals surface area contributed by atoms with Crippen LogP contribution in [0.25, 0.3) is 10.6 Å². The molecule has 35 heavy (non-hydrogen) atoms. The molecule has 0 fully saturated rings. The maximum atomic E-state index is 14.8. The van der Waals surface area contributed by atoms with Crippen LogP contribution in [0.5, 0.6) is 0 Å². The summed E-state index contributed by atoms with van der Waals surface area (Å²) in [6, 6.07) is 6.58. The van der Waals surface area contributed by atoms with Crippen LogP contribution in [0, 0.1) is 5.82 Å². The van der Waals surface area contributed by atoms with Gasteiger partial charge < -0.3 is 20.9 Å². The summed E-state index contributed by atoms with van der Waals surface area (Å²) in [6.45, 7) is -0.428. The molecule has 1 atom stereocenters. The third kappa shape index (κ3) is 5.63. The van der Waals surface area contributed by atoms with E-state index in [1.54, 1.807) is 12.3 Å². The number of nitrogens with zero attached hydrogens (tertiary/aromatic N) is 3. The van der Waals surface area contributed by atoms with Crippen molar-refractivity contribution in [2.75, 3.05) is 18.5 Å². The number of pyridine rings is 1. The average molecular weight is 507 g/mol. The maximum absolute atomic E-state index is 14.8. The standard InChI is InChI=1S/C21H18F3N5O2S.CH2O2/c1-20(21(23,24)11-31-10-17(25)29-20)14-8-13(3-4-15(14)22)28-18(30)16-5-2-12(9-27-16)19-26-6-7-32-19;2-1-3/h2-9H,10-11H2,1H3,(H2,25,29)(H,28,30);1H,(H,2,3)/t20-;/m1./s1. The molecule has 4 rings (SSSR count). The summed E-state index contributed by atoms with van der Waals surface area (Å²) in [7, 11) is 0. The zero-order chi connectivity index (χ0) is 25.6. The van der Waals surface area contributed by atoms with Gasteiger partial charge in [0.2, 0.25) is 0 Å². The molecule has 3 heterocycles. The molecular weight excluding hydrogens is 487 g/mol. The van der Waals surface area contributed by atoms with Crippen LogP contribution in [0.15, 0.2) is 53.1 Å². The molecule has 1 amide bonds. The fraction of sp³-hybridized carbons (Fsp3) is 0.227. The molecule has 0 saturated heterocycles. The van der Waals surface area contributed by atoms with Crippen LogP contribution in [-0.2, 0) is 15.1 Å². The highest BCUT2D eigenvalue weighted by Crippen LogP contribution is 2.44. The molecule has 0 unspecified atom stereocenters. The van der Waals surface area contributed by atoms with Gasteiger partial charge in [0.1, 0.15) is 35.6 Å². The number of nitrogens with one attached hydrogen (secondary N) is 1. The Morgan fingerprint density at radius 2 is 2.03 bits per heavy atom. The van der Waals surface area contributed by atoms with Crippen molar-refractivity contribution in [3.8, 4) is 10.6 Å². The molecule has 0 aliphatic carbocycles. The summed E-state index contributed by atoms with van der Waals surface area (Å²) in [5.41, 5.74) is 3.87. The minimum atomic E-state index is -3.54. The Morgan fingerprint density at radius 1 is 1.29 bits per heavy atom. The van der Waals surface area contributed by atoms with E-state index < -0.39 is 35.4 Å². The van der Waals surface area contributed by atoms with Gasteiger partial charge in [0, 0.05) is 34.6 Å². The number of rotatable bonds is 4. The largest absolute Gasteiger partial charge is 0.483 e. The number of nitrogens with two attached hydrogens (primary N) is 1. The van der Waals surface area contributed by atoms with Crippen molar-refractivity contribution in [1.29, 1.82) is 0 Å². The number of thiazole rings is 1. The molecule has 3 aromatic rings. The number of anilines is 1. The number of aliphatic imine (C=N–C) groups is 1. The van der Waals surface area contributed by atoms with Gasteiger partial charge >= 0.3 is 0 Å². The van der Waals surface area contributed by atoms with E-state index in [9.17, 15) is 18.0 Å². The van der Waals surface area contributed by atoms with E-state index in [1.165, 1.54) is 29.7 Å². The number of alkyl halides is 2. The van der Waals surface area contributed by atoms with Crippen molar-refractivity contribution >= 4 is 35.2 Å². The number of hydrogen-bond donors (Lipinski definition) is 3. The van der Waals surface area contributed by atoms with E-state index in [2.05, 4.69) is 20.3 Å². The SMILES string of the molecule is C[C@]1(c2cc(NC(=O)c3ccc(-c4nccs4)cn3)ccc2F)N=C(N)COCC1(F)F.O=CO. The van der Waals surface area contributed by atoms with Gasteiger partial charge in [0.05, 0.1) is 0 Å². The number of aromatic nitrogens is 2. The Morgan fingerprint density at radius 3 is 2.66 bits per heavy atom. The summed E-state index contributed by atoms with van der Waals surface area (Å²) in [6.07, 6.45) is 3.17. The molecule has 9 nitrogen and oxygen atoms in total. The lowest BCUT2D eigenvalue weighted by atomic mass is 9.85. The average Bonchev–Trinajstić information content (AvgIpc) is 3.32. The fourth-order valence-electron chi connectivity index (χ4n) is 3.27. The Bertz CT molecular complexity index is 1220. The summed E-state index contributed by atoms with van der Waals surface area (Å²) < 4.78 is 49.1. The molecule has 0 bridgehead atoms. The van der Waals surface area contributed by atoms with E-state index in [1.807, 2.05) is 5.38 Å². The van der Waals surface area contributed by atoms with Crippen LogP contribution in [-0.4, -0.2) is 52.4 Å². The Hall–Kier alpha value is -3.84. The van der Waals surface area contributed by atoms with Crippen molar-refractivity contribution in [2.24, 2.45) is 10.7 Å². The molecule has 2 aromatic heterocycles. The van der Waals surface area contributed by atoms with Crippen molar-refractivity contribution in [3.63, 3.8) is 0 Å². The predicted octanol–water partition coefficient (Wildman–Crippen LogP) is 3.54. The highest BCUT2D eigenvalue weighted by molar-refractivity contribution is 7.13. The molecule has 4 N–H and O–H groups in total. The van der Waals surface area contributed by atoms with E-state index in [4.69, 9.17) is 20.4 Å². The predicted molar refractivity (Wildman–Crippen MR) is 123 cm³/mol. The van der Waals surface area contributed by atoms with Gasteiger partial charge in [0.25, 0.3) is 18.3 Å². The van der Waals surface area contributed by atoms with E-state index in [0.29, 0.717) is 0 Å². The van der Waals surface area contributed by atoms with Crippen molar-refractivity contribution in [2.45, 2.75) is 18.4 Å². The number of carbonyl (C=O) groups excluding carboxylic acids is 1. The van der Waals surface area contributed by atoms with Crippen molar-refractivity contribution in [3.05, 3.63) is 65.2 Å². The third-order valence-electron chi connectivity index (χ3n) is 5.04. The summed E-state index contributed by atoms with van der Waals surface area (Å²) in [5.74, 6) is -5.21. The van der Waals surface area contributed by atoms with Crippen LogP contribution in [0.1, 0.15) is 23.0 Å². The highest BCUT2D eigenvalue weighted by Gasteiger charge is 2.54. The van der Waals surface area contributed by atoms with Gasteiger partial charge in [-0.3, -0.25) is 19.6 Å². The second kappa shape index (κ2) is 10.6. The summed E-state index contributed by atoms with van der Waals surface area (Å²) in [4.78, 5) is 33.1. The lowest BCUT2D eigenvalue weighted by molar-refractivity contribution is -0.122. The monoisotopic (exact) mass is 507 g/mol. The first-order valence-electron chi connectivity index (χ1n) is 9.96. The van der Waals surface area contributed by atoms with E-state index in [-0.39, 0.29) is 30.3 Å². The molecular formula is C22H20F3N5O4S. The minimum absolute atomic E-state index is 0.0952. The molecule has 1 aliphatic rings. The summed E-state index contributed by atoms with van der Waals surface area (Å²) >= 11 is 1.43. The lowest BCUT2D eigenvalue weighted by Gasteiger charge is -2.33. The lowest BCUT2D eigenvalue weighted by Crippen LogP contribution is -2.45. The van der Waals surface area contributed by atoms with E-state index in [0.717, 1.165) is 29.6 Å².